The minimum absolute atomic E-state index is 0.130. The van der Waals surface area contributed by atoms with Crippen LogP contribution < -0.4 is 5.73 Å². The number of rotatable bonds is 4. The summed E-state index contributed by atoms with van der Waals surface area (Å²) < 4.78 is 1.20. The lowest BCUT2D eigenvalue weighted by Gasteiger charge is -2.22. The molecular formula is C11H19BrN2O. The van der Waals surface area contributed by atoms with Crippen molar-refractivity contribution in [3.05, 3.63) is 10.1 Å². The third-order valence-electron chi connectivity index (χ3n) is 2.66. The first-order valence-corrected chi connectivity index (χ1v) is 6.22. The number of oxime groups is 1. The van der Waals surface area contributed by atoms with E-state index in [2.05, 4.69) is 28.0 Å². The maximum absolute atomic E-state index is 6.00. The molecule has 2 N–H and O–H groups in total. The molecule has 4 heteroatoms. The first kappa shape index (κ1) is 12.7. The fraction of sp³-hybridized carbons (Fsp3) is 0.727. The van der Waals surface area contributed by atoms with Gasteiger partial charge in [-0.25, -0.2) is 0 Å². The highest BCUT2D eigenvalue weighted by molar-refractivity contribution is 9.11. The van der Waals surface area contributed by atoms with E-state index < -0.39 is 0 Å². The van der Waals surface area contributed by atoms with Crippen LogP contribution in [-0.2, 0) is 4.84 Å². The summed E-state index contributed by atoms with van der Waals surface area (Å²) in [6.45, 7) is 4.53. The van der Waals surface area contributed by atoms with Crippen LogP contribution in [0, 0.1) is 0 Å². The second kappa shape index (κ2) is 6.28. The van der Waals surface area contributed by atoms with Crippen molar-refractivity contribution in [1.82, 2.24) is 0 Å². The number of allylic oxidation sites excluding steroid dienone is 1. The van der Waals surface area contributed by atoms with E-state index in [9.17, 15) is 0 Å². The molecule has 0 saturated carbocycles. The summed E-state index contributed by atoms with van der Waals surface area (Å²) in [5, 5.41) is 4.01. The van der Waals surface area contributed by atoms with E-state index >= 15 is 0 Å². The molecule has 0 saturated heterocycles. The molecule has 1 atom stereocenters. The fourth-order valence-corrected chi connectivity index (χ4v) is 2.16. The van der Waals surface area contributed by atoms with E-state index in [0.717, 1.165) is 37.0 Å². The van der Waals surface area contributed by atoms with Crippen LogP contribution in [0.1, 0.15) is 39.5 Å². The third-order valence-corrected chi connectivity index (χ3v) is 3.57. The summed E-state index contributed by atoms with van der Waals surface area (Å²) in [5.74, 6) is 0. The molecular weight excluding hydrogens is 256 g/mol. The van der Waals surface area contributed by atoms with Gasteiger partial charge in [-0.2, -0.15) is 0 Å². The van der Waals surface area contributed by atoms with Gasteiger partial charge in [-0.1, -0.05) is 28.0 Å². The zero-order chi connectivity index (χ0) is 11.3. The van der Waals surface area contributed by atoms with E-state index in [-0.39, 0.29) is 6.04 Å². The van der Waals surface area contributed by atoms with Crippen LogP contribution in [0.5, 0.6) is 0 Å². The highest BCUT2D eigenvalue weighted by Crippen LogP contribution is 2.28. The number of halogens is 1. The van der Waals surface area contributed by atoms with Gasteiger partial charge >= 0.3 is 0 Å². The van der Waals surface area contributed by atoms with Gasteiger partial charge in [0.2, 0.25) is 0 Å². The number of hydrogen-bond acceptors (Lipinski definition) is 3. The molecule has 0 aromatic heterocycles. The minimum atomic E-state index is 0.130. The van der Waals surface area contributed by atoms with Crippen molar-refractivity contribution in [2.45, 2.75) is 45.6 Å². The largest absolute Gasteiger partial charge is 0.391 e. The Morgan fingerprint density at radius 2 is 2.40 bits per heavy atom. The maximum atomic E-state index is 6.00. The van der Waals surface area contributed by atoms with Crippen molar-refractivity contribution in [3.63, 3.8) is 0 Å². The molecule has 0 heterocycles. The van der Waals surface area contributed by atoms with E-state index in [1.54, 1.807) is 0 Å². The van der Waals surface area contributed by atoms with Gasteiger partial charge in [0.15, 0.2) is 0 Å². The zero-order valence-electron chi connectivity index (χ0n) is 9.42. The van der Waals surface area contributed by atoms with E-state index in [1.807, 2.05) is 6.92 Å². The first-order chi connectivity index (χ1) is 7.15. The number of nitrogens with zero attached hydrogens (tertiary/aromatic N) is 1. The van der Waals surface area contributed by atoms with Crippen molar-refractivity contribution in [2.75, 3.05) is 6.61 Å². The van der Waals surface area contributed by atoms with Crippen LogP contribution in [-0.4, -0.2) is 18.4 Å². The molecule has 15 heavy (non-hydrogen) atoms. The van der Waals surface area contributed by atoms with Gasteiger partial charge < -0.3 is 10.6 Å². The molecule has 1 aliphatic carbocycles. The lowest BCUT2D eigenvalue weighted by molar-refractivity contribution is 0.161. The fourth-order valence-electron chi connectivity index (χ4n) is 1.48. The Morgan fingerprint density at radius 1 is 1.67 bits per heavy atom. The van der Waals surface area contributed by atoms with Crippen LogP contribution in [0.2, 0.25) is 0 Å². The lowest BCUT2D eigenvalue weighted by Crippen LogP contribution is -2.28. The first-order valence-electron chi connectivity index (χ1n) is 5.43. The van der Waals surface area contributed by atoms with Gasteiger partial charge in [-0.05, 0) is 42.7 Å². The summed E-state index contributed by atoms with van der Waals surface area (Å²) in [4.78, 5) is 5.29. The van der Waals surface area contributed by atoms with Crippen LogP contribution in [0.3, 0.4) is 0 Å². The van der Waals surface area contributed by atoms with Crippen LogP contribution in [0.4, 0.5) is 0 Å². The van der Waals surface area contributed by atoms with Crippen molar-refractivity contribution >= 4 is 21.6 Å². The Labute approximate surface area is 99.9 Å². The van der Waals surface area contributed by atoms with Gasteiger partial charge in [-0.15, -0.1) is 0 Å². The third kappa shape index (κ3) is 3.95. The molecule has 1 unspecified atom stereocenters. The molecule has 3 nitrogen and oxygen atoms in total. The molecule has 0 spiro atoms. The van der Waals surface area contributed by atoms with E-state index in [4.69, 9.17) is 10.6 Å². The average Bonchev–Trinajstić information content (AvgIpc) is 2.22. The predicted molar refractivity (Wildman–Crippen MR) is 67.1 cm³/mol. The standard InChI is InChI=1S/C11H19BrN2O/c1-3-8(2)14-15-7-9-10(12)5-4-6-11(9)13/h11H,3-7,13H2,1-2H3. The van der Waals surface area contributed by atoms with Crippen LogP contribution in [0.25, 0.3) is 0 Å². The molecule has 0 radical (unpaired) electrons. The molecule has 1 rings (SSSR count). The van der Waals surface area contributed by atoms with Crippen LogP contribution in [0.15, 0.2) is 15.2 Å². The maximum Gasteiger partial charge on any atom is 0.140 e. The Balaban J connectivity index is 2.49. The van der Waals surface area contributed by atoms with Gasteiger partial charge in [0, 0.05) is 6.04 Å². The molecule has 0 amide bonds. The molecule has 0 fully saturated rings. The van der Waals surface area contributed by atoms with E-state index in [1.165, 1.54) is 4.48 Å². The summed E-state index contributed by atoms with van der Waals surface area (Å²) in [6.07, 6.45) is 4.20. The smallest absolute Gasteiger partial charge is 0.140 e. The van der Waals surface area contributed by atoms with Crippen molar-refractivity contribution < 1.29 is 4.84 Å². The predicted octanol–water partition coefficient (Wildman–Crippen LogP) is 2.95. The van der Waals surface area contributed by atoms with Crippen molar-refractivity contribution in [3.8, 4) is 0 Å². The van der Waals surface area contributed by atoms with E-state index in [0.29, 0.717) is 6.61 Å². The van der Waals surface area contributed by atoms with Gasteiger partial charge in [0.05, 0.1) is 5.71 Å². The Bertz CT molecular complexity index is 274. The Kier molecular flexibility index (Phi) is 5.32. The highest BCUT2D eigenvalue weighted by atomic mass is 79.9. The second-order valence-electron chi connectivity index (χ2n) is 3.88. The quantitative estimate of drug-likeness (QED) is 0.633. The topological polar surface area (TPSA) is 47.6 Å². The Hall–Kier alpha value is -0.350. The molecule has 1 aliphatic rings. The van der Waals surface area contributed by atoms with Crippen molar-refractivity contribution in [2.24, 2.45) is 10.9 Å². The number of hydrogen-bond donors (Lipinski definition) is 1. The Morgan fingerprint density at radius 3 is 3.00 bits per heavy atom. The second-order valence-corrected chi connectivity index (χ2v) is 4.84. The zero-order valence-corrected chi connectivity index (χ0v) is 11.0. The minimum Gasteiger partial charge on any atom is -0.391 e. The summed E-state index contributed by atoms with van der Waals surface area (Å²) in [5.41, 5.74) is 8.17. The van der Waals surface area contributed by atoms with Crippen molar-refractivity contribution in [1.29, 1.82) is 0 Å². The monoisotopic (exact) mass is 274 g/mol. The molecule has 0 aromatic rings. The van der Waals surface area contributed by atoms with Gasteiger partial charge in [-0.3, -0.25) is 0 Å². The van der Waals surface area contributed by atoms with Gasteiger partial charge in [0.1, 0.15) is 6.61 Å². The lowest BCUT2D eigenvalue weighted by atomic mass is 9.95. The van der Waals surface area contributed by atoms with Crippen LogP contribution >= 0.6 is 15.9 Å². The summed E-state index contributed by atoms with van der Waals surface area (Å²) in [6, 6.07) is 0.130. The summed E-state index contributed by atoms with van der Waals surface area (Å²) >= 11 is 3.55. The SMILES string of the molecule is CCC(C)=NOCC1=C(Br)CCCC1N. The van der Waals surface area contributed by atoms with Gasteiger partial charge in [0.25, 0.3) is 0 Å². The number of nitrogens with two attached hydrogens (primary N) is 1. The molecule has 0 aromatic carbocycles. The summed E-state index contributed by atoms with van der Waals surface area (Å²) in [7, 11) is 0. The molecule has 86 valence electrons. The molecule has 0 bridgehead atoms. The molecule has 0 aliphatic heterocycles. The highest BCUT2D eigenvalue weighted by Gasteiger charge is 2.18. The average molecular weight is 275 g/mol. The normalized spacial score (nSPS) is 23.2.